The van der Waals surface area contributed by atoms with Crippen LogP contribution in [-0.2, 0) is 10.0 Å². The zero-order valence-electron chi connectivity index (χ0n) is 16.8. The molecule has 0 saturated heterocycles. The smallest absolute Gasteiger partial charge is 0.264 e. The number of phenolic OH excluding ortho intramolecular Hbond substituents is 1. The number of ether oxygens (including phenoxy) is 1. The summed E-state index contributed by atoms with van der Waals surface area (Å²) in [5.41, 5.74) is 1.88. The molecule has 164 valence electrons. The number of sulfonamides is 1. The zero-order chi connectivity index (χ0) is 23.0. The Hall–Kier alpha value is -3.86. The van der Waals surface area contributed by atoms with Crippen LogP contribution in [0.25, 0.3) is 22.0 Å². The highest BCUT2D eigenvalue weighted by Crippen LogP contribution is 2.35. The fraction of sp³-hybridized carbons (Fsp3) is 0.0952. The molecule has 11 heteroatoms. The second kappa shape index (κ2) is 8.00. The first-order chi connectivity index (χ1) is 15.2. The van der Waals surface area contributed by atoms with Gasteiger partial charge in [-0.15, -0.1) is 0 Å². The van der Waals surface area contributed by atoms with E-state index < -0.39 is 26.6 Å². The Morgan fingerprint density at radius 3 is 2.53 bits per heavy atom. The third-order valence-corrected chi connectivity index (χ3v) is 6.12. The molecule has 0 spiro atoms. The van der Waals surface area contributed by atoms with Gasteiger partial charge in [0.25, 0.3) is 10.0 Å². The molecule has 2 N–H and O–H groups in total. The van der Waals surface area contributed by atoms with E-state index in [9.17, 15) is 22.3 Å². The number of pyridine rings is 1. The molecular formula is C21H16F2N4O4S. The molecule has 8 nitrogen and oxygen atoms in total. The van der Waals surface area contributed by atoms with Gasteiger partial charge in [-0.1, -0.05) is 0 Å². The lowest BCUT2D eigenvalue weighted by Gasteiger charge is -2.14. The van der Waals surface area contributed by atoms with E-state index in [0.717, 1.165) is 12.1 Å². The number of methoxy groups -OCH3 is 1. The molecule has 2 aromatic carbocycles. The van der Waals surface area contributed by atoms with Gasteiger partial charge in [0.2, 0.25) is 5.88 Å². The summed E-state index contributed by atoms with van der Waals surface area (Å²) in [7, 11) is -3.13. The van der Waals surface area contributed by atoms with E-state index in [1.165, 1.54) is 31.8 Å². The van der Waals surface area contributed by atoms with E-state index in [4.69, 9.17) is 4.74 Å². The number of nitrogens with zero attached hydrogens (tertiary/aromatic N) is 3. The second-order valence-corrected chi connectivity index (χ2v) is 8.46. The SMILES string of the molecule is COc1ncc(-c2cc(O)c3ncnc(C)c3c2)cc1NS(=O)(=O)c1ccc(F)cc1F. The molecule has 0 saturated carbocycles. The van der Waals surface area contributed by atoms with Gasteiger partial charge in [0, 0.05) is 28.9 Å². The first-order valence-electron chi connectivity index (χ1n) is 9.16. The fourth-order valence-electron chi connectivity index (χ4n) is 3.18. The van der Waals surface area contributed by atoms with Crippen LogP contribution in [0.3, 0.4) is 0 Å². The van der Waals surface area contributed by atoms with E-state index >= 15 is 0 Å². The molecule has 0 radical (unpaired) electrons. The van der Waals surface area contributed by atoms with Crippen LogP contribution < -0.4 is 9.46 Å². The van der Waals surface area contributed by atoms with Crippen molar-refractivity contribution < 1.29 is 27.0 Å². The van der Waals surface area contributed by atoms with E-state index in [1.54, 1.807) is 13.0 Å². The number of aryl methyl sites for hydroxylation is 1. The van der Waals surface area contributed by atoms with Gasteiger partial charge < -0.3 is 9.84 Å². The average Bonchev–Trinajstić information content (AvgIpc) is 2.73. The normalized spacial score (nSPS) is 11.5. The van der Waals surface area contributed by atoms with Gasteiger partial charge in [-0.2, -0.15) is 0 Å². The van der Waals surface area contributed by atoms with E-state index in [0.29, 0.717) is 33.8 Å². The second-order valence-electron chi connectivity index (χ2n) is 6.81. The number of anilines is 1. The number of nitrogens with one attached hydrogen (secondary N) is 1. The largest absolute Gasteiger partial charge is 0.506 e. The Balaban J connectivity index is 1.80. The number of phenols is 1. The van der Waals surface area contributed by atoms with Crippen LogP contribution in [0.4, 0.5) is 14.5 Å². The number of aromatic nitrogens is 3. The van der Waals surface area contributed by atoms with Gasteiger partial charge in [0.15, 0.2) is 0 Å². The Bertz CT molecular complexity index is 1460. The summed E-state index contributed by atoms with van der Waals surface area (Å²) in [6, 6.07) is 6.74. The Morgan fingerprint density at radius 2 is 1.81 bits per heavy atom. The van der Waals surface area contributed by atoms with Crippen LogP contribution >= 0.6 is 0 Å². The molecular weight excluding hydrogens is 442 g/mol. The minimum atomic E-state index is -4.42. The first-order valence-corrected chi connectivity index (χ1v) is 10.6. The van der Waals surface area contributed by atoms with E-state index in [-0.39, 0.29) is 17.3 Å². The maximum Gasteiger partial charge on any atom is 0.264 e. The summed E-state index contributed by atoms with van der Waals surface area (Å²) in [5.74, 6) is -2.30. The Labute approximate surface area is 181 Å². The topological polar surface area (TPSA) is 114 Å². The molecule has 0 aliphatic carbocycles. The summed E-state index contributed by atoms with van der Waals surface area (Å²) < 4.78 is 60.0. The van der Waals surface area contributed by atoms with Gasteiger partial charge in [-0.25, -0.2) is 32.2 Å². The molecule has 0 atom stereocenters. The molecule has 0 unspecified atom stereocenters. The molecule has 2 heterocycles. The molecule has 0 amide bonds. The van der Waals surface area contributed by atoms with Crippen LogP contribution in [0.2, 0.25) is 0 Å². The maximum absolute atomic E-state index is 14.1. The summed E-state index contributed by atoms with van der Waals surface area (Å²) in [4.78, 5) is 11.6. The number of halogens is 2. The molecule has 0 aliphatic heterocycles. The predicted molar refractivity (Wildman–Crippen MR) is 113 cm³/mol. The van der Waals surface area contributed by atoms with Gasteiger partial charge in [-0.05, 0) is 42.8 Å². The van der Waals surface area contributed by atoms with Crippen LogP contribution in [-0.4, -0.2) is 35.6 Å². The van der Waals surface area contributed by atoms with E-state index in [1.807, 2.05) is 0 Å². The number of aromatic hydroxyl groups is 1. The molecule has 0 bridgehead atoms. The van der Waals surface area contributed by atoms with Crippen molar-refractivity contribution in [2.24, 2.45) is 0 Å². The van der Waals surface area contributed by atoms with Crippen molar-refractivity contribution >= 4 is 26.6 Å². The van der Waals surface area contributed by atoms with E-state index in [2.05, 4.69) is 19.7 Å². The number of benzene rings is 2. The predicted octanol–water partition coefficient (Wildman–Crippen LogP) is 3.79. The number of hydrogen-bond donors (Lipinski definition) is 2. The van der Waals surface area contributed by atoms with Crippen molar-refractivity contribution in [2.45, 2.75) is 11.8 Å². The average molecular weight is 458 g/mol. The Morgan fingerprint density at radius 1 is 1.03 bits per heavy atom. The number of hydrogen-bond acceptors (Lipinski definition) is 7. The van der Waals surface area contributed by atoms with Crippen LogP contribution in [0.1, 0.15) is 5.69 Å². The highest BCUT2D eigenvalue weighted by molar-refractivity contribution is 7.92. The van der Waals surface area contributed by atoms with Crippen molar-refractivity contribution in [1.82, 2.24) is 15.0 Å². The molecule has 4 rings (SSSR count). The molecule has 2 aromatic heterocycles. The quantitative estimate of drug-likeness (QED) is 0.468. The molecule has 4 aromatic rings. The maximum atomic E-state index is 14.1. The van der Waals surface area contributed by atoms with Crippen molar-refractivity contribution in [3.8, 4) is 22.8 Å². The van der Waals surface area contributed by atoms with Crippen molar-refractivity contribution in [3.63, 3.8) is 0 Å². The highest BCUT2D eigenvalue weighted by Gasteiger charge is 2.22. The van der Waals surface area contributed by atoms with Crippen molar-refractivity contribution in [2.75, 3.05) is 11.8 Å². The number of fused-ring (bicyclic) bond motifs is 1. The summed E-state index contributed by atoms with van der Waals surface area (Å²) in [6.45, 7) is 1.76. The molecule has 0 fully saturated rings. The molecule has 32 heavy (non-hydrogen) atoms. The lowest BCUT2D eigenvalue weighted by Crippen LogP contribution is -2.15. The van der Waals surface area contributed by atoms with Gasteiger partial charge >= 0.3 is 0 Å². The zero-order valence-corrected chi connectivity index (χ0v) is 17.6. The minimum Gasteiger partial charge on any atom is -0.506 e. The third kappa shape index (κ3) is 3.89. The summed E-state index contributed by atoms with van der Waals surface area (Å²) >= 11 is 0. The van der Waals surface area contributed by atoms with Gasteiger partial charge in [0.05, 0.1) is 7.11 Å². The summed E-state index contributed by atoms with van der Waals surface area (Å²) in [5, 5.41) is 11.0. The third-order valence-electron chi connectivity index (χ3n) is 4.72. The fourth-order valence-corrected chi connectivity index (χ4v) is 4.29. The summed E-state index contributed by atoms with van der Waals surface area (Å²) in [6.07, 6.45) is 2.77. The highest BCUT2D eigenvalue weighted by atomic mass is 32.2. The molecule has 0 aliphatic rings. The number of rotatable bonds is 5. The monoisotopic (exact) mass is 458 g/mol. The van der Waals surface area contributed by atoms with Crippen molar-refractivity contribution in [1.29, 1.82) is 0 Å². The lowest BCUT2D eigenvalue weighted by atomic mass is 10.0. The van der Waals surface area contributed by atoms with Gasteiger partial charge in [0.1, 0.15) is 39.8 Å². The van der Waals surface area contributed by atoms with Crippen LogP contribution in [0.5, 0.6) is 11.6 Å². The van der Waals surface area contributed by atoms with Crippen LogP contribution in [0, 0.1) is 18.6 Å². The Kier molecular flexibility index (Phi) is 5.35. The minimum absolute atomic E-state index is 0.0654. The standard InChI is InChI=1S/C21H16F2N4O4S/c1-11-15-5-12(7-18(28)20(15)26-10-25-11)13-6-17(21(31-2)24-9-13)27-32(29,30)19-4-3-14(22)8-16(19)23/h3-10,27-28H,1-2H3. The lowest BCUT2D eigenvalue weighted by molar-refractivity contribution is 0.400. The first kappa shape index (κ1) is 21.4. The van der Waals surface area contributed by atoms with Crippen molar-refractivity contribution in [3.05, 3.63) is 66.3 Å². The van der Waals surface area contributed by atoms with Crippen LogP contribution in [0.15, 0.2) is 53.8 Å². The van der Waals surface area contributed by atoms with Gasteiger partial charge in [-0.3, -0.25) is 4.72 Å².